The number of halogens is 3. The smallest absolute Gasteiger partial charge is 0.418 e. The zero-order chi connectivity index (χ0) is 25.3. The fraction of sp³-hybridized carbons (Fsp3) is 0.435. The third-order valence-electron chi connectivity index (χ3n) is 5.35. The van der Waals surface area contributed by atoms with E-state index in [0.29, 0.717) is 11.4 Å². The molecule has 3 aromatic rings. The summed E-state index contributed by atoms with van der Waals surface area (Å²) in [5.74, 6) is 0.715. The van der Waals surface area contributed by atoms with Gasteiger partial charge in [-0.3, -0.25) is 4.18 Å². The summed E-state index contributed by atoms with van der Waals surface area (Å²) in [6.07, 6.45) is -4.05. The Kier molecular flexibility index (Phi) is 7.59. The molecule has 0 amide bonds. The van der Waals surface area contributed by atoms with Crippen molar-refractivity contribution in [2.75, 3.05) is 27.1 Å². The third kappa shape index (κ3) is 5.53. The zero-order valence-corrected chi connectivity index (χ0v) is 20.4. The van der Waals surface area contributed by atoms with Crippen molar-refractivity contribution in [1.29, 1.82) is 0 Å². The van der Waals surface area contributed by atoms with E-state index < -0.39 is 28.5 Å². The Labute approximate surface area is 196 Å². The summed E-state index contributed by atoms with van der Waals surface area (Å²) < 4.78 is 82.6. The average Bonchev–Trinajstić information content (AvgIpc) is 3.13. The van der Waals surface area contributed by atoms with Gasteiger partial charge in [-0.05, 0) is 23.1 Å². The van der Waals surface area contributed by atoms with Crippen LogP contribution in [0.4, 0.5) is 13.2 Å². The first-order valence-corrected chi connectivity index (χ1v) is 12.3. The summed E-state index contributed by atoms with van der Waals surface area (Å²) in [7, 11) is -1.15. The maximum absolute atomic E-state index is 14.3. The molecule has 0 radical (unpaired) electrons. The van der Waals surface area contributed by atoms with E-state index in [1.807, 2.05) is 38.1 Å². The molecule has 0 fully saturated rings. The molecular weight excluding hydrogens is 473 g/mol. The number of fused-ring (bicyclic) bond motifs is 1. The Morgan fingerprint density at radius 2 is 1.76 bits per heavy atom. The largest absolute Gasteiger partial charge is 0.494 e. The number of alkyl halides is 3. The van der Waals surface area contributed by atoms with Gasteiger partial charge in [0, 0.05) is 19.2 Å². The molecule has 34 heavy (non-hydrogen) atoms. The van der Waals surface area contributed by atoms with E-state index in [-0.39, 0.29) is 41.4 Å². The van der Waals surface area contributed by atoms with Gasteiger partial charge in [0.05, 0.1) is 32.1 Å². The lowest BCUT2D eigenvalue weighted by atomic mass is 10.0. The molecule has 2 aromatic carbocycles. The maximum Gasteiger partial charge on any atom is 0.418 e. The van der Waals surface area contributed by atoms with E-state index in [0.717, 1.165) is 17.9 Å². The highest BCUT2D eigenvalue weighted by Gasteiger charge is 2.39. The van der Waals surface area contributed by atoms with Crippen LogP contribution in [0.2, 0.25) is 0 Å². The molecule has 0 aliphatic heterocycles. The summed E-state index contributed by atoms with van der Waals surface area (Å²) >= 11 is 0. The number of methoxy groups -OCH3 is 2. The molecule has 7 nitrogen and oxygen atoms in total. The number of hydrogen-bond donors (Lipinski definition) is 0. The van der Waals surface area contributed by atoms with Gasteiger partial charge in [0.25, 0.3) is 10.1 Å². The summed E-state index contributed by atoms with van der Waals surface area (Å²) in [6, 6.07) is 8.59. The highest BCUT2D eigenvalue weighted by Crippen LogP contribution is 2.43. The van der Waals surface area contributed by atoms with Crippen LogP contribution in [0.5, 0.6) is 5.75 Å². The molecule has 0 N–H and O–H groups in total. The second-order valence-electron chi connectivity index (χ2n) is 8.13. The second kappa shape index (κ2) is 9.93. The van der Waals surface area contributed by atoms with Crippen molar-refractivity contribution in [2.24, 2.45) is 0 Å². The van der Waals surface area contributed by atoms with Gasteiger partial charge in [0.15, 0.2) is 0 Å². The number of hydrogen-bond acceptors (Lipinski definition) is 6. The lowest BCUT2D eigenvalue weighted by molar-refractivity contribution is -0.137. The van der Waals surface area contributed by atoms with E-state index >= 15 is 0 Å². The molecule has 1 aromatic heterocycles. The van der Waals surface area contributed by atoms with Crippen molar-refractivity contribution in [3.8, 4) is 17.1 Å². The SMILES string of the molecule is COCCn1c(-c2ccc(C(C)C)cc2)nc2c(C(F)(F)F)c(COS(C)(=O)=O)cc(OC)c21. The predicted molar refractivity (Wildman–Crippen MR) is 122 cm³/mol. The Morgan fingerprint density at radius 3 is 2.26 bits per heavy atom. The zero-order valence-electron chi connectivity index (χ0n) is 19.6. The van der Waals surface area contributed by atoms with Crippen LogP contribution in [-0.4, -0.2) is 45.1 Å². The van der Waals surface area contributed by atoms with E-state index in [4.69, 9.17) is 9.47 Å². The topological polar surface area (TPSA) is 79.7 Å². The first-order chi connectivity index (χ1) is 15.9. The Bertz CT molecular complexity index is 1270. The summed E-state index contributed by atoms with van der Waals surface area (Å²) in [6.45, 7) is 3.74. The molecule has 0 saturated carbocycles. The maximum atomic E-state index is 14.3. The first kappa shape index (κ1) is 26.0. The van der Waals surface area contributed by atoms with Crippen LogP contribution in [0.1, 0.15) is 36.5 Å². The molecule has 0 aliphatic carbocycles. The molecular formula is C23H27F3N2O5S. The van der Waals surface area contributed by atoms with E-state index in [1.54, 1.807) is 4.57 Å². The van der Waals surface area contributed by atoms with Crippen LogP contribution in [-0.2, 0) is 38.4 Å². The molecule has 1 heterocycles. The van der Waals surface area contributed by atoms with Crippen molar-refractivity contribution >= 4 is 21.2 Å². The Hall–Kier alpha value is -2.63. The molecule has 0 saturated heterocycles. The van der Waals surface area contributed by atoms with Gasteiger partial charge in [0.1, 0.15) is 22.6 Å². The van der Waals surface area contributed by atoms with Crippen molar-refractivity contribution in [1.82, 2.24) is 9.55 Å². The summed E-state index contributed by atoms with van der Waals surface area (Å²) in [4.78, 5) is 4.39. The highest BCUT2D eigenvalue weighted by molar-refractivity contribution is 7.85. The van der Waals surface area contributed by atoms with Gasteiger partial charge in [-0.2, -0.15) is 21.6 Å². The standard InChI is InChI=1S/C23H27F3N2O5S/c1-14(2)15-6-8-16(9-7-15)22-27-20-19(23(24,25)26)17(13-33-34(5,29)30)12-18(32-4)21(20)28(22)10-11-31-3/h6-9,12,14H,10-11,13H2,1-5H3. The normalized spacial score (nSPS) is 12.6. The minimum atomic E-state index is -4.82. The second-order valence-corrected chi connectivity index (χ2v) is 9.77. The van der Waals surface area contributed by atoms with Crippen LogP contribution in [0, 0.1) is 0 Å². The summed E-state index contributed by atoms with van der Waals surface area (Å²) in [5.41, 5.74) is 0.0392. The molecule has 0 unspecified atom stereocenters. The highest BCUT2D eigenvalue weighted by atomic mass is 32.2. The fourth-order valence-corrected chi connectivity index (χ4v) is 4.06. The van der Waals surface area contributed by atoms with E-state index in [9.17, 15) is 21.6 Å². The molecule has 0 bridgehead atoms. The molecule has 3 rings (SSSR count). The van der Waals surface area contributed by atoms with E-state index in [1.165, 1.54) is 14.2 Å². The van der Waals surface area contributed by atoms with Crippen molar-refractivity contribution in [3.05, 3.63) is 47.0 Å². The number of ether oxygens (including phenoxy) is 2. The first-order valence-electron chi connectivity index (χ1n) is 10.5. The van der Waals surface area contributed by atoms with E-state index in [2.05, 4.69) is 9.17 Å². The van der Waals surface area contributed by atoms with Crippen molar-refractivity contribution in [3.63, 3.8) is 0 Å². The fourth-order valence-electron chi connectivity index (χ4n) is 3.72. The minimum Gasteiger partial charge on any atom is -0.494 e. The van der Waals surface area contributed by atoms with Crippen LogP contribution in [0.3, 0.4) is 0 Å². The quantitative estimate of drug-likeness (QED) is 0.386. The van der Waals surface area contributed by atoms with Gasteiger partial charge in [-0.25, -0.2) is 4.98 Å². The average molecular weight is 501 g/mol. The van der Waals surface area contributed by atoms with Crippen molar-refractivity contribution in [2.45, 2.75) is 39.1 Å². The number of aromatic nitrogens is 2. The van der Waals surface area contributed by atoms with Gasteiger partial charge >= 0.3 is 6.18 Å². The Morgan fingerprint density at radius 1 is 1.12 bits per heavy atom. The predicted octanol–water partition coefficient (Wildman–Crippen LogP) is 4.98. The lowest BCUT2D eigenvalue weighted by Gasteiger charge is -2.17. The molecule has 0 atom stereocenters. The monoisotopic (exact) mass is 500 g/mol. The lowest BCUT2D eigenvalue weighted by Crippen LogP contribution is -2.14. The van der Waals surface area contributed by atoms with Gasteiger partial charge in [-0.1, -0.05) is 38.1 Å². The number of rotatable bonds is 9. The van der Waals surface area contributed by atoms with Crippen molar-refractivity contribution < 1.29 is 35.2 Å². The molecule has 11 heteroatoms. The van der Waals surface area contributed by atoms with Gasteiger partial charge in [0.2, 0.25) is 0 Å². The minimum absolute atomic E-state index is 0.115. The molecule has 186 valence electrons. The Balaban J connectivity index is 2.35. The number of benzene rings is 2. The molecule has 0 aliphatic rings. The van der Waals surface area contributed by atoms with Crippen LogP contribution >= 0.6 is 0 Å². The van der Waals surface area contributed by atoms with Crippen LogP contribution < -0.4 is 4.74 Å². The summed E-state index contributed by atoms with van der Waals surface area (Å²) in [5, 5.41) is 0. The third-order valence-corrected chi connectivity index (χ3v) is 5.90. The van der Waals surface area contributed by atoms with Crippen LogP contribution in [0.25, 0.3) is 22.4 Å². The number of nitrogens with zero attached hydrogens (tertiary/aromatic N) is 2. The number of imidazole rings is 1. The molecule has 0 spiro atoms. The van der Waals surface area contributed by atoms with Gasteiger partial charge in [-0.15, -0.1) is 0 Å². The van der Waals surface area contributed by atoms with Crippen LogP contribution in [0.15, 0.2) is 30.3 Å². The van der Waals surface area contributed by atoms with Gasteiger partial charge < -0.3 is 14.0 Å².